The van der Waals surface area contributed by atoms with Gasteiger partial charge in [0.1, 0.15) is 5.75 Å². The van der Waals surface area contributed by atoms with Gasteiger partial charge < -0.3 is 19.3 Å². The molecular formula is C25H27NO4. The van der Waals surface area contributed by atoms with Crippen LogP contribution in [0.15, 0.2) is 72.8 Å². The SMILES string of the molecule is COc1ccc(CN(Cc2ccc3c(c2)OCO3)C[C@@H](O)Cc2ccccc2)cc1. The van der Waals surface area contributed by atoms with Gasteiger partial charge in [-0.2, -0.15) is 0 Å². The largest absolute Gasteiger partial charge is 0.497 e. The molecule has 0 amide bonds. The molecule has 3 aromatic rings. The quantitative estimate of drug-likeness (QED) is 0.583. The molecule has 0 aromatic heterocycles. The van der Waals surface area contributed by atoms with Crippen LogP contribution in [0.5, 0.6) is 17.2 Å². The Bertz CT molecular complexity index is 943. The second-order valence-electron chi connectivity index (χ2n) is 7.55. The van der Waals surface area contributed by atoms with Gasteiger partial charge in [-0.15, -0.1) is 0 Å². The lowest BCUT2D eigenvalue weighted by Crippen LogP contribution is -2.33. The molecule has 3 aromatic carbocycles. The van der Waals surface area contributed by atoms with E-state index in [1.54, 1.807) is 7.11 Å². The molecule has 0 saturated carbocycles. The van der Waals surface area contributed by atoms with Crippen molar-refractivity contribution >= 4 is 0 Å². The Morgan fingerprint density at radius 1 is 0.867 bits per heavy atom. The van der Waals surface area contributed by atoms with Gasteiger partial charge in [-0.1, -0.05) is 48.5 Å². The number of aliphatic hydroxyl groups is 1. The van der Waals surface area contributed by atoms with E-state index in [-0.39, 0.29) is 6.79 Å². The molecule has 1 heterocycles. The van der Waals surface area contributed by atoms with E-state index in [9.17, 15) is 5.11 Å². The van der Waals surface area contributed by atoms with Gasteiger partial charge in [0.05, 0.1) is 13.2 Å². The minimum absolute atomic E-state index is 0.268. The van der Waals surface area contributed by atoms with Gasteiger partial charge in [0.15, 0.2) is 11.5 Å². The van der Waals surface area contributed by atoms with Crippen LogP contribution >= 0.6 is 0 Å². The summed E-state index contributed by atoms with van der Waals surface area (Å²) in [7, 11) is 1.67. The van der Waals surface area contributed by atoms with Crippen molar-refractivity contribution in [2.75, 3.05) is 20.4 Å². The van der Waals surface area contributed by atoms with Crippen molar-refractivity contribution in [1.29, 1.82) is 0 Å². The maximum atomic E-state index is 10.8. The van der Waals surface area contributed by atoms with Gasteiger partial charge in [0, 0.05) is 19.6 Å². The van der Waals surface area contributed by atoms with Crippen LogP contribution in [0.4, 0.5) is 0 Å². The van der Waals surface area contributed by atoms with E-state index in [1.807, 2.05) is 42.5 Å². The van der Waals surface area contributed by atoms with E-state index in [0.29, 0.717) is 19.5 Å². The van der Waals surface area contributed by atoms with Crippen molar-refractivity contribution in [3.8, 4) is 17.2 Å². The van der Waals surface area contributed by atoms with Crippen molar-refractivity contribution in [2.45, 2.75) is 25.6 Å². The van der Waals surface area contributed by atoms with E-state index in [4.69, 9.17) is 14.2 Å². The summed E-state index contributed by atoms with van der Waals surface area (Å²) in [5.74, 6) is 2.40. The highest BCUT2D eigenvalue weighted by Crippen LogP contribution is 2.33. The Hall–Kier alpha value is -3.02. The lowest BCUT2D eigenvalue weighted by molar-refractivity contribution is 0.104. The minimum Gasteiger partial charge on any atom is -0.497 e. The summed E-state index contributed by atoms with van der Waals surface area (Å²) in [6.45, 7) is 2.26. The molecule has 1 N–H and O–H groups in total. The molecule has 5 nitrogen and oxygen atoms in total. The Morgan fingerprint density at radius 2 is 1.57 bits per heavy atom. The molecule has 0 spiro atoms. The van der Waals surface area contributed by atoms with Crippen molar-refractivity contribution in [3.05, 3.63) is 89.5 Å². The van der Waals surface area contributed by atoms with Gasteiger partial charge >= 0.3 is 0 Å². The predicted octanol–water partition coefficient (Wildman–Crippen LogP) is 4.03. The van der Waals surface area contributed by atoms with Gasteiger partial charge in [-0.05, 0) is 47.4 Å². The van der Waals surface area contributed by atoms with E-state index >= 15 is 0 Å². The maximum Gasteiger partial charge on any atom is 0.231 e. The third-order valence-corrected chi connectivity index (χ3v) is 5.19. The monoisotopic (exact) mass is 405 g/mol. The number of rotatable bonds is 9. The third-order valence-electron chi connectivity index (χ3n) is 5.19. The number of fused-ring (bicyclic) bond motifs is 1. The van der Waals surface area contributed by atoms with Crippen LogP contribution in [0, 0.1) is 0 Å². The number of hydrogen-bond acceptors (Lipinski definition) is 5. The summed E-state index contributed by atoms with van der Waals surface area (Å²) in [5, 5.41) is 10.8. The van der Waals surface area contributed by atoms with Crippen molar-refractivity contribution in [1.82, 2.24) is 4.90 Å². The van der Waals surface area contributed by atoms with Crippen molar-refractivity contribution < 1.29 is 19.3 Å². The fourth-order valence-electron chi connectivity index (χ4n) is 3.72. The minimum atomic E-state index is -0.459. The van der Waals surface area contributed by atoms with Crippen LogP contribution in [0.3, 0.4) is 0 Å². The molecule has 1 aliphatic heterocycles. The molecule has 0 fully saturated rings. The van der Waals surface area contributed by atoms with E-state index in [0.717, 1.165) is 34.9 Å². The van der Waals surface area contributed by atoms with Crippen LogP contribution in [-0.2, 0) is 19.5 Å². The molecule has 156 valence electrons. The van der Waals surface area contributed by atoms with Gasteiger partial charge in [-0.25, -0.2) is 0 Å². The number of nitrogens with zero attached hydrogens (tertiary/aromatic N) is 1. The molecule has 1 atom stereocenters. The van der Waals surface area contributed by atoms with Gasteiger partial charge in [0.2, 0.25) is 6.79 Å². The summed E-state index contributed by atoms with van der Waals surface area (Å²) >= 11 is 0. The molecule has 1 aliphatic rings. The molecule has 0 aliphatic carbocycles. The summed E-state index contributed by atoms with van der Waals surface area (Å²) < 4.78 is 16.2. The van der Waals surface area contributed by atoms with Crippen molar-refractivity contribution in [3.63, 3.8) is 0 Å². The zero-order valence-corrected chi connectivity index (χ0v) is 17.2. The fourth-order valence-corrected chi connectivity index (χ4v) is 3.72. The van der Waals surface area contributed by atoms with Crippen LogP contribution < -0.4 is 14.2 Å². The summed E-state index contributed by atoms with van der Waals surface area (Å²) in [6, 6.07) is 24.2. The summed E-state index contributed by atoms with van der Waals surface area (Å²) in [5.41, 5.74) is 3.43. The first-order valence-electron chi connectivity index (χ1n) is 10.2. The second kappa shape index (κ2) is 9.65. The Balaban J connectivity index is 1.47. The van der Waals surface area contributed by atoms with Gasteiger partial charge in [0.25, 0.3) is 0 Å². The molecule has 0 saturated heterocycles. The number of ether oxygens (including phenoxy) is 3. The van der Waals surface area contributed by atoms with Crippen LogP contribution in [0.1, 0.15) is 16.7 Å². The van der Waals surface area contributed by atoms with Crippen LogP contribution in [0.2, 0.25) is 0 Å². The van der Waals surface area contributed by atoms with Crippen LogP contribution in [0.25, 0.3) is 0 Å². The average molecular weight is 405 g/mol. The third kappa shape index (κ3) is 5.32. The number of aliphatic hydroxyl groups excluding tert-OH is 1. The topological polar surface area (TPSA) is 51.2 Å². The van der Waals surface area contributed by atoms with E-state index in [1.165, 1.54) is 5.56 Å². The predicted molar refractivity (Wildman–Crippen MR) is 116 cm³/mol. The number of benzene rings is 3. The molecule has 30 heavy (non-hydrogen) atoms. The highest BCUT2D eigenvalue weighted by atomic mass is 16.7. The molecule has 0 radical (unpaired) electrons. The standard InChI is InChI=1S/C25H27NO4/c1-28-23-10-7-20(8-11-23)15-26(17-22(27)13-19-5-3-2-4-6-19)16-21-9-12-24-25(14-21)30-18-29-24/h2-12,14,22,27H,13,15-18H2,1H3/t22-/m0/s1. The summed E-state index contributed by atoms with van der Waals surface area (Å²) in [6.07, 6.45) is 0.167. The van der Waals surface area contributed by atoms with E-state index < -0.39 is 6.10 Å². The fraction of sp³-hybridized carbons (Fsp3) is 0.280. The maximum absolute atomic E-state index is 10.8. The average Bonchev–Trinajstić information content (AvgIpc) is 3.23. The van der Waals surface area contributed by atoms with Gasteiger partial charge in [-0.3, -0.25) is 4.90 Å². The first-order chi connectivity index (χ1) is 14.7. The zero-order valence-electron chi connectivity index (χ0n) is 17.2. The highest BCUT2D eigenvalue weighted by Gasteiger charge is 2.17. The first kappa shape index (κ1) is 20.3. The number of methoxy groups -OCH3 is 1. The zero-order chi connectivity index (χ0) is 20.8. The lowest BCUT2D eigenvalue weighted by atomic mass is 10.1. The normalized spacial score (nSPS) is 13.4. The molecule has 0 unspecified atom stereocenters. The smallest absolute Gasteiger partial charge is 0.231 e. The van der Waals surface area contributed by atoms with Crippen molar-refractivity contribution in [2.24, 2.45) is 0 Å². The first-order valence-corrected chi connectivity index (χ1v) is 10.2. The second-order valence-corrected chi connectivity index (χ2v) is 7.55. The summed E-state index contributed by atoms with van der Waals surface area (Å²) in [4.78, 5) is 2.26. The Morgan fingerprint density at radius 3 is 2.33 bits per heavy atom. The molecular weight excluding hydrogens is 378 g/mol. The van der Waals surface area contributed by atoms with Crippen LogP contribution in [-0.4, -0.2) is 36.6 Å². The molecule has 5 heteroatoms. The number of hydrogen-bond donors (Lipinski definition) is 1. The Kier molecular flexibility index (Phi) is 6.52. The molecule has 4 rings (SSSR count). The highest BCUT2D eigenvalue weighted by molar-refractivity contribution is 5.44. The lowest BCUT2D eigenvalue weighted by Gasteiger charge is -2.25. The molecule has 0 bridgehead atoms. The Labute approximate surface area is 177 Å². The van der Waals surface area contributed by atoms with E-state index in [2.05, 4.69) is 35.2 Å².